The van der Waals surface area contributed by atoms with Crippen LogP contribution >= 0.6 is 11.8 Å². The summed E-state index contributed by atoms with van der Waals surface area (Å²) in [6, 6.07) is 0. The van der Waals surface area contributed by atoms with Crippen LogP contribution in [-0.2, 0) is 4.79 Å². The Morgan fingerprint density at radius 1 is 1.28 bits per heavy atom. The summed E-state index contributed by atoms with van der Waals surface area (Å²) in [5.41, 5.74) is 1.55. The number of hydrogen-bond donors (Lipinski definition) is 2. The molecule has 18 heavy (non-hydrogen) atoms. The van der Waals surface area contributed by atoms with E-state index in [0.717, 1.165) is 35.6 Å². The molecule has 7 heteroatoms. The number of nitrogens with one attached hydrogen (secondary N) is 1. The van der Waals surface area contributed by atoms with E-state index in [0.29, 0.717) is 5.65 Å². The zero-order valence-electron chi connectivity index (χ0n) is 9.80. The topological polar surface area (TPSA) is 91.8 Å². The van der Waals surface area contributed by atoms with Crippen molar-refractivity contribution in [1.82, 2.24) is 19.9 Å². The fraction of sp³-hybridized carbons (Fsp3) is 0.455. The molecular weight excluding hydrogens is 252 g/mol. The molecular formula is C11H14N4O2S. The van der Waals surface area contributed by atoms with Crippen molar-refractivity contribution in [2.24, 2.45) is 0 Å². The van der Waals surface area contributed by atoms with Crippen molar-refractivity contribution in [1.29, 1.82) is 0 Å². The first-order valence-corrected chi connectivity index (χ1v) is 6.74. The zero-order chi connectivity index (χ0) is 12.8. The molecule has 0 fully saturated rings. The molecule has 0 saturated heterocycles. The van der Waals surface area contributed by atoms with Gasteiger partial charge in [0, 0.05) is 6.42 Å². The maximum atomic E-state index is 10.3. The van der Waals surface area contributed by atoms with Crippen LogP contribution < -0.4 is 0 Å². The minimum atomic E-state index is -0.724. The van der Waals surface area contributed by atoms with Crippen LogP contribution in [0.4, 0.5) is 0 Å². The summed E-state index contributed by atoms with van der Waals surface area (Å²) in [4.78, 5) is 25.7. The van der Waals surface area contributed by atoms with Gasteiger partial charge in [-0.25, -0.2) is 15.0 Å². The van der Waals surface area contributed by atoms with Crippen LogP contribution in [0.1, 0.15) is 25.7 Å². The average molecular weight is 266 g/mol. The van der Waals surface area contributed by atoms with Crippen LogP contribution in [0.5, 0.6) is 0 Å². The van der Waals surface area contributed by atoms with E-state index in [1.165, 1.54) is 6.33 Å². The largest absolute Gasteiger partial charge is 0.481 e. The SMILES string of the molecule is O=C(O)CCCCCSc1ncnc2nc[nH]c12. The molecule has 0 amide bonds. The van der Waals surface area contributed by atoms with Crippen molar-refractivity contribution in [2.75, 3.05) is 5.75 Å². The number of carboxylic acids is 1. The second-order valence-electron chi connectivity index (χ2n) is 3.83. The Kier molecular flexibility index (Phi) is 4.52. The first kappa shape index (κ1) is 12.8. The van der Waals surface area contributed by atoms with Crippen LogP contribution in [0.25, 0.3) is 11.2 Å². The highest BCUT2D eigenvalue weighted by Gasteiger charge is 2.05. The maximum Gasteiger partial charge on any atom is 0.303 e. The highest BCUT2D eigenvalue weighted by molar-refractivity contribution is 7.99. The molecule has 0 radical (unpaired) electrons. The number of nitrogens with zero attached hydrogens (tertiary/aromatic N) is 3. The number of aromatic nitrogens is 4. The average Bonchev–Trinajstić information content (AvgIpc) is 2.82. The second-order valence-corrected chi connectivity index (χ2v) is 4.92. The van der Waals surface area contributed by atoms with Crippen LogP contribution in [0.3, 0.4) is 0 Å². The summed E-state index contributed by atoms with van der Waals surface area (Å²) in [5, 5.41) is 9.41. The molecule has 2 rings (SSSR count). The van der Waals surface area contributed by atoms with Gasteiger partial charge in [-0.2, -0.15) is 0 Å². The first-order chi connectivity index (χ1) is 8.77. The highest BCUT2D eigenvalue weighted by atomic mass is 32.2. The van der Waals surface area contributed by atoms with Gasteiger partial charge in [-0.05, 0) is 18.6 Å². The van der Waals surface area contributed by atoms with Crippen molar-refractivity contribution < 1.29 is 9.90 Å². The van der Waals surface area contributed by atoms with Gasteiger partial charge in [0.2, 0.25) is 0 Å². The molecule has 0 aliphatic rings. The summed E-state index contributed by atoms with van der Waals surface area (Å²) in [5.74, 6) is 0.197. The van der Waals surface area contributed by atoms with Crippen LogP contribution in [0.15, 0.2) is 17.7 Å². The van der Waals surface area contributed by atoms with Gasteiger partial charge in [0.1, 0.15) is 16.9 Å². The molecule has 2 N–H and O–H groups in total. The third-order valence-corrected chi connectivity index (χ3v) is 3.54. The van der Waals surface area contributed by atoms with Gasteiger partial charge < -0.3 is 10.1 Å². The van der Waals surface area contributed by atoms with E-state index in [1.54, 1.807) is 18.1 Å². The quantitative estimate of drug-likeness (QED) is 0.453. The lowest BCUT2D eigenvalue weighted by Gasteiger charge is -2.01. The summed E-state index contributed by atoms with van der Waals surface area (Å²) < 4.78 is 0. The van der Waals surface area contributed by atoms with E-state index in [-0.39, 0.29) is 6.42 Å². The third kappa shape index (κ3) is 3.43. The molecule has 2 aromatic rings. The van der Waals surface area contributed by atoms with E-state index < -0.39 is 5.97 Å². The maximum absolute atomic E-state index is 10.3. The van der Waals surface area contributed by atoms with E-state index in [4.69, 9.17) is 5.11 Å². The second kappa shape index (κ2) is 6.34. The zero-order valence-corrected chi connectivity index (χ0v) is 10.6. The van der Waals surface area contributed by atoms with Crippen molar-refractivity contribution in [3.05, 3.63) is 12.7 Å². The Morgan fingerprint density at radius 2 is 2.17 bits per heavy atom. The Morgan fingerprint density at radius 3 is 3.00 bits per heavy atom. The number of aromatic amines is 1. The Balaban J connectivity index is 1.76. The summed E-state index contributed by atoms with van der Waals surface area (Å²) in [6.07, 6.45) is 6.02. The van der Waals surface area contributed by atoms with Gasteiger partial charge in [-0.15, -0.1) is 11.8 Å². The summed E-state index contributed by atoms with van der Waals surface area (Å²) >= 11 is 1.64. The molecule has 0 atom stereocenters. The fourth-order valence-corrected chi connectivity index (χ4v) is 2.53. The van der Waals surface area contributed by atoms with Crippen molar-refractivity contribution in [2.45, 2.75) is 30.7 Å². The number of carboxylic acid groups (broad SMARTS) is 1. The fourth-order valence-electron chi connectivity index (χ4n) is 1.58. The van der Waals surface area contributed by atoms with E-state index in [1.807, 2.05) is 0 Å². The number of H-pyrrole nitrogens is 1. The van der Waals surface area contributed by atoms with Crippen molar-refractivity contribution >= 4 is 28.9 Å². The number of rotatable bonds is 7. The monoisotopic (exact) mass is 266 g/mol. The number of aliphatic carboxylic acids is 1. The van der Waals surface area contributed by atoms with Crippen LogP contribution in [0, 0.1) is 0 Å². The molecule has 0 aliphatic heterocycles. The van der Waals surface area contributed by atoms with Gasteiger partial charge in [0.25, 0.3) is 0 Å². The molecule has 0 unspecified atom stereocenters. The molecule has 96 valence electrons. The predicted octanol–water partition coefficient (Wildman–Crippen LogP) is 2.09. The summed E-state index contributed by atoms with van der Waals surface area (Å²) in [6.45, 7) is 0. The number of thioether (sulfide) groups is 1. The Bertz CT molecular complexity index is 528. The lowest BCUT2D eigenvalue weighted by molar-refractivity contribution is -0.137. The van der Waals surface area contributed by atoms with E-state index in [2.05, 4.69) is 19.9 Å². The van der Waals surface area contributed by atoms with Gasteiger partial charge >= 0.3 is 5.97 Å². The molecule has 0 bridgehead atoms. The smallest absolute Gasteiger partial charge is 0.303 e. The minimum absolute atomic E-state index is 0.253. The van der Waals surface area contributed by atoms with Crippen LogP contribution in [0.2, 0.25) is 0 Å². The molecule has 2 aromatic heterocycles. The number of unbranched alkanes of at least 4 members (excludes halogenated alkanes) is 2. The Labute approximate surface area is 108 Å². The number of fused-ring (bicyclic) bond motifs is 1. The summed E-state index contributed by atoms with van der Waals surface area (Å²) in [7, 11) is 0. The van der Waals surface area contributed by atoms with Gasteiger partial charge in [-0.3, -0.25) is 4.79 Å². The molecule has 0 spiro atoms. The van der Waals surface area contributed by atoms with Crippen LogP contribution in [-0.4, -0.2) is 36.8 Å². The predicted molar refractivity (Wildman–Crippen MR) is 68.5 cm³/mol. The number of imidazole rings is 1. The lowest BCUT2D eigenvalue weighted by atomic mass is 10.2. The van der Waals surface area contributed by atoms with Gasteiger partial charge in [-0.1, -0.05) is 6.42 Å². The molecule has 2 heterocycles. The van der Waals surface area contributed by atoms with E-state index in [9.17, 15) is 4.79 Å². The van der Waals surface area contributed by atoms with Gasteiger partial charge in [0.05, 0.1) is 6.33 Å². The third-order valence-electron chi connectivity index (χ3n) is 2.46. The molecule has 6 nitrogen and oxygen atoms in total. The number of carbonyl (C=O) groups is 1. The standard InChI is InChI=1S/C11H14N4O2S/c16-8(17)4-2-1-3-5-18-11-9-10(13-6-12-9)14-7-15-11/h6-7H,1-5H2,(H,16,17)(H,12,13,14,15). The Hall–Kier alpha value is -1.63. The molecule has 0 aromatic carbocycles. The van der Waals surface area contributed by atoms with Crippen molar-refractivity contribution in [3.63, 3.8) is 0 Å². The normalized spacial score (nSPS) is 10.9. The van der Waals surface area contributed by atoms with Crippen molar-refractivity contribution in [3.8, 4) is 0 Å². The first-order valence-electron chi connectivity index (χ1n) is 5.76. The molecule has 0 saturated carbocycles. The lowest BCUT2D eigenvalue weighted by Crippen LogP contribution is -1.94. The minimum Gasteiger partial charge on any atom is -0.481 e. The number of hydrogen-bond acceptors (Lipinski definition) is 5. The molecule has 0 aliphatic carbocycles. The van der Waals surface area contributed by atoms with E-state index >= 15 is 0 Å². The van der Waals surface area contributed by atoms with Gasteiger partial charge in [0.15, 0.2) is 5.65 Å². The highest BCUT2D eigenvalue weighted by Crippen LogP contribution is 2.22.